The molecule has 0 aliphatic rings. The summed E-state index contributed by atoms with van der Waals surface area (Å²) in [5.74, 6) is 0. The van der Waals surface area contributed by atoms with Crippen LogP contribution in [-0.4, -0.2) is 15.1 Å². The number of pyridine rings is 1. The monoisotopic (exact) mass is 304 g/mol. The lowest BCUT2D eigenvalue weighted by molar-refractivity contribution is -0.385. The van der Waals surface area contributed by atoms with Gasteiger partial charge in [-0.1, -0.05) is 18.2 Å². The Morgan fingerprint density at radius 3 is 2.48 bits per heavy atom. The van der Waals surface area contributed by atoms with Crippen molar-refractivity contribution in [2.75, 3.05) is 0 Å². The van der Waals surface area contributed by atoms with Gasteiger partial charge in [0.2, 0.25) is 5.24 Å². The first-order valence-electron chi connectivity index (χ1n) is 6.28. The summed E-state index contributed by atoms with van der Waals surface area (Å²) in [5, 5.41) is 10.6. The largest absolute Gasteiger partial charge is 0.280 e. The molecule has 1 atom stereocenters. The fourth-order valence-corrected chi connectivity index (χ4v) is 2.45. The summed E-state index contributed by atoms with van der Waals surface area (Å²) in [4.78, 5) is 26.6. The Morgan fingerprint density at radius 2 is 1.90 bits per heavy atom. The zero-order chi connectivity index (χ0) is 15.5. The number of benzene rings is 1. The van der Waals surface area contributed by atoms with Crippen molar-refractivity contribution in [3.05, 3.63) is 70.0 Å². The Kier molecular flexibility index (Phi) is 4.33. The molecule has 0 aliphatic carbocycles. The Balaban J connectivity index is 2.53. The van der Waals surface area contributed by atoms with Gasteiger partial charge in [-0.3, -0.25) is 19.9 Å². The molecule has 0 amide bonds. The van der Waals surface area contributed by atoms with E-state index in [0.29, 0.717) is 5.56 Å². The van der Waals surface area contributed by atoms with Gasteiger partial charge in [-0.15, -0.1) is 0 Å². The van der Waals surface area contributed by atoms with Gasteiger partial charge in [-0.05, 0) is 42.6 Å². The Morgan fingerprint density at radius 1 is 1.29 bits per heavy atom. The zero-order valence-electron chi connectivity index (χ0n) is 11.3. The number of hydrogen-bond acceptors (Lipinski definition) is 4. The van der Waals surface area contributed by atoms with Gasteiger partial charge in [0.1, 0.15) is 0 Å². The summed E-state index contributed by atoms with van der Waals surface area (Å²) in [6.45, 7) is 1.62. The molecule has 0 radical (unpaired) electrons. The van der Waals surface area contributed by atoms with Gasteiger partial charge < -0.3 is 0 Å². The van der Waals surface area contributed by atoms with E-state index >= 15 is 0 Å². The van der Waals surface area contributed by atoms with Crippen LogP contribution in [0.2, 0.25) is 0 Å². The fraction of sp³-hybridized carbons (Fsp3) is 0.200. The molecular weight excluding hydrogens is 292 g/mol. The number of carbonyl (C=O) groups is 1. The molecule has 0 saturated heterocycles. The average molecular weight is 305 g/mol. The number of carbonyl (C=O) groups excluding carboxylic acids is 1. The smallest absolute Gasteiger partial charge is 0.273 e. The van der Waals surface area contributed by atoms with E-state index in [0.717, 1.165) is 5.56 Å². The van der Waals surface area contributed by atoms with E-state index in [1.807, 2.05) is 0 Å². The molecule has 21 heavy (non-hydrogen) atoms. The standard InChI is InChI=1S/C15H13ClN2O3/c1-15(14(16)19,10-11-6-8-17-9-7-11)12-4-2-3-5-13(12)18(20)21/h2-9H,10H2,1H3. The summed E-state index contributed by atoms with van der Waals surface area (Å²) in [7, 11) is 0. The molecule has 1 aromatic heterocycles. The maximum Gasteiger partial charge on any atom is 0.273 e. The number of halogens is 1. The molecule has 1 unspecified atom stereocenters. The van der Waals surface area contributed by atoms with E-state index in [9.17, 15) is 14.9 Å². The molecule has 6 heteroatoms. The summed E-state index contributed by atoms with van der Waals surface area (Å²) in [6, 6.07) is 9.68. The van der Waals surface area contributed by atoms with Crippen molar-refractivity contribution >= 4 is 22.5 Å². The van der Waals surface area contributed by atoms with Crippen molar-refractivity contribution in [2.24, 2.45) is 0 Å². The minimum absolute atomic E-state index is 0.108. The number of hydrogen-bond donors (Lipinski definition) is 0. The van der Waals surface area contributed by atoms with Crippen LogP contribution in [0, 0.1) is 10.1 Å². The van der Waals surface area contributed by atoms with Crippen molar-refractivity contribution in [3.63, 3.8) is 0 Å². The molecule has 1 aromatic carbocycles. The van der Waals surface area contributed by atoms with Crippen LogP contribution in [0.25, 0.3) is 0 Å². The molecule has 2 aromatic rings. The summed E-state index contributed by atoms with van der Waals surface area (Å²) in [5.41, 5.74) is -0.137. The molecule has 5 nitrogen and oxygen atoms in total. The van der Waals surface area contributed by atoms with Crippen LogP contribution in [0.4, 0.5) is 5.69 Å². The third-order valence-corrected chi connectivity index (χ3v) is 3.85. The third kappa shape index (κ3) is 3.08. The SMILES string of the molecule is CC(Cc1ccncc1)(C(=O)Cl)c1ccccc1[N+](=O)[O-]. The second-order valence-corrected chi connectivity index (χ2v) is 5.26. The van der Waals surface area contributed by atoms with Crippen LogP contribution in [0.1, 0.15) is 18.1 Å². The van der Waals surface area contributed by atoms with E-state index < -0.39 is 15.6 Å². The normalized spacial score (nSPS) is 13.4. The second-order valence-electron chi connectivity index (χ2n) is 4.91. The molecule has 0 saturated carbocycles. The highest BCUT2D eigenvalue weighted by Gasteiger charge is 2.39. The highest BCUT2D eigenvalue weighted by atomic mass is 35.5. The number of para-hydroxylation sites is 1. The van der Waals surface area contributed by atoms with Crippen LogP contribution >= 0.6 is 11.6 Å². The quantitative estimate of drug-likeness (QED) is 0.483. The predicted octanol–water partition coefficient (Wildman–Crippen LogP) is 3.26. The number of nitro groups is 1. The maximum atomic E-state index is 12.0. The first-order chi connectivity index (χ1) is 9.95. The van der Waals surface area contributed by atoms with E-state index in [-0.39, 0.29) is 12.1 Å². The lowest BCUT2D eigenvalue weighted by Gasteiger charge is -2.25. The van der Waals surface area contributed by atoms with Gasteiger partial charge >= 0.3 is 0 Å². The molecule has 1 heterocycles. The molecular formula is C15H13ClN2O3. The lowest BCUT2D eigenvalue weighted by atomic mass is 9.77. The minimum Gasteiger partial charge on any atom is -0.280 e. The van der Waals surface area contributed by atoms with Crippen molar-refractivity contribution < 1.29 is 9.72 Å². The van der Waals surface area contributed by atoms with Crippen LogP contribution in [-0.2, 0) is 16.6 Å². The second kappa shape index (κ2) is 6.01. The molecule has 2 rings (SSSR count). The van der Waals surface area contributed by atoms with Gasteiger partial charge in [0.05, 0.1) is 10.3 Å². The molecule has 0 aliphatic heterocycles. The molecule has 0 N–H and O–H groups in total. The first-order valence-corrected chi connectivity index (χ1v) is 6.65. The van der Waals surface area contributed by atoms with E-state index in [4.69, 9.17) is 11.6 Å². The predicted molar refractivity (Wildman–Crippen MR) is 79.2 cm³/mol. The number of aromatic nitrogens is 1. The van der Waals surface area contributed by atoms with Crippen LogP contribution in [0.5, 0.6) is 0 Å². The van der Waals surface area contributed by atoms with E-state index in [1.54, 1.807) is 49.6 Å². The van der Waals surface area contributed by atoms with Gasteiger partial charge in [0.15, 0.2) is 0 Å². The van der Waals surface area contributed by atoms with Gasteiger partial charge in [0.25, 0.3) is 5.69 Å². The lowest BCUT2D eigenvalue weighted by Crippen LogP contribution is -2.32. The zero-order valence-corrected chi connectivity index (χ0v) is 12.1. The van der Waals surface area contributed by atoms with Crippen LogP contribution in [0.15, 0.2) is 48.8 Å². The molecule has 0 bridgehead atoms. The highest BCUT2D eigenvalue weighted by molar-refractivity contribution is 6.65. The summed E-state index contributed by atoms with van der Waals surface area (Å²) in [6.07, 6.45) is 3.48. The molecule has 0 spiro atoms. The Bertz CT molecular complexity index is 676. The highest BCUT2D eigenvalue weighted by Crippen LogP contribution is 2.36. The fourth-order valence-electron chi connectivity index (χ4n) is 2.28. The van der Waals surface area contributed by atoms with Crippen molar-refractivity contribution in [2.45, 2.75) is 18.8 Å². The van der Waals surface area contributed by atoms with Crippen molar-refractivity contribution in [1.82, 2.24) is 4.98 Å². The third-order valence-electron chi connectivity index (χ3n) is 3.44. The first kappa shape index (κ1) is 15.1. The minimum atomic E-state index is -1.17. The molecule has 0 fully saturated rings. The Labute approximate surface area is 126 Å². The van der Waals surface area contributed by atoms with E-state index in [1.165, 1.54) is 6.07 Å². The van der Waals surface area contributed by atoms with Gasteiger partial charge in [0, 0.05) is 24.0 Å². The summed E-state index contributed by atoms with van der Waals surface area (Å²) >= 11 is 5.77. The average Bonchev–Trinajstić information content (AvgIpc) is 2.48. The number of nitro benzene ring substituents is 1. The maximum absolute atomic E-state index is 12.0. The van der Waals surface area contributed by atoms with Gasteiger partial charge in [-0.2, -0.15) is 0 Å². The van der Waals surface area contributed by atoms with Crippen molar-refractivity contribution in [3.8, 4) is 0 Å². The number of nitrogens with zero attached hydrogens (tertiary/aromatic N) is 2. The topological polar surface area (TPSA) is 73.1 Å². The summed E-state index contributed by atoms with van der Waals surface area (Å²) < 4.78 is 0. The van der Waals surface area contributed by atoms with E-state index in [2.05, 4.69) is 4.98 Å². The Hall–Kier alpha value is -2.27. The number of rotatable bonds is 5. The van der Waals surface area contributed by atoms with Crippen LogP contribution < -0.4 is 0 Å². The van der Waals surface area contributed by atoms with Crippen LogP contribution in [0.3, 0.4) is 0 Å². The van der Waals surface area contributed by atoms with Crippen molar-refractivity contribution in [1.29, 1.82) is 0 Å². The molecule has 108 valence electrons. The van der Waals surface area contributed by atoms with Gasteiger partial charge in [-0.25, -0.2) is 0 Å².